The number of esters is 1. The molecule has 0 aliphatic heterocycles. The van der Waals surface area contributed by atoms with E-state index in [-0.39, 0.29) is 36.0 Å². The quantitative estimate of drug-likeness (QED) is 0.229. The molecule has 1 aromatic carbocycles. The van der Waals surface area contributed by atoms with Crippen molar-refractivity contribution in [3.63, 3.8) is 0 Å². The van der Waals surface area contributed by atoms with Gasteiger partial charge in [0.2, 0.25) is 0 Å². The summed E-state index contributed by atoms with van der Waals surface area (Å²) in [5.74, 6) is -0.208. The normalized spacial score (nSPS) is 10.1. The Morgan fingerprint density at radius 2 is 2.09 bits per heavy atom. The average molecular weight is 309 g/mol. The summed E-state index contributed by atoms with van der Waals surface area (Å²) in [6, 6.07) is 3.08. The lowest BCUT2D eigenvalue weighted by atomic mass is 10.1. The lowest BCUT2D eigenvalue weighted by Crippen LogP contribution is -2.06. The Labute approximate surface area is 128 Å². The molecule has 1 rings (SSSR count). The molecule has 0 aromatic heterocycles. The molecule has 0 saturated carbocycles. The van der Waals surface area contributed by atoms with Crippen molar-refractivity contribution in [1.29, 1.82) is 0 Å². The molecule has 0 aliphatic carbocycles. The molecule has 0 amide bonds. The van der Waals surface area contributed by atoms with E-state index in [9.17, 15) is 19.7 Å². The van der Waals surface area contributed by atoms with Gasteiger partial charge in [0, 0.05) is 6.42 Å². The van der Waals surface area contributed by atoms with Gasteiger partial charge in [0.25, 0.3) is 0 Å². The highest BCUT2D eigenvalue weighted by Gasteiger charge is 2.22. The summed E-state index contributed by atoms with van der Waals surface area (Å²) in [5.41, 5.74) is 0.228. The van der Waals surface area contributed by atoms with Gasteiger partial charge in [-0.05, 0) is 38.3 Å². The summed E-state index contributed by atoms with van der Waals surface area (Å²) in [7, 11) is 0. The van der Waals surface area contributed by atoms with Gasteiger partial charge in [-0.15, -0.1) is 0 Å². The highest BCUT2D eigenvalue weighted by atomic mass is 16.6. The predicted molar refractivity (Wildman–Crippen MR) is 79.2 cm³/mol. The number of carbonyl (C=O) groups is 2. The molecular weight excluding hydrogens is 290 g/mol. The summed E-state index contributed by atoms with van der Waals surface area (Å²) < 4.78 is 10.2. The van der Waals surface area contributed by atoms with Crippen LogP contribution in [0.1, 0.15) is 42.1 Å². The van der Waals surface area contributed by atoms with E-state index >= 15 is 0 Å². The molecular formula is C15H19NO6. The number of nitro benzene ring substituents is 1. The molecule has 0 spiro atoms. The number of aldehydes is 1. The Morgan fingerprint density at radius 3 is 2.68 bits per heavy atom. The fourth-order valence-corrected chi connectivity index (χ4v) is 1.93. The molecule has 7 heteroatoms. The minimum atomic E-state index is -0.620. The first-order valence-electron chi connectivity index (χ1n) is 7.02. The van der Waals surface area contributed by atoms with Crippen LogP contribution in [0.15, 0.2) is 12.1 Å². The Balaban J connectivity index is 2.61. The van der Waals surface area contributed by atoms with Crippen molar-refractivity contribution < 1.29 is 24.0 Å². The summed E-state index contributed by atoms with van der Waals surface area (Å²) in [6.07, 6.45) is 1.87. The van der Waals surface area contributed by atoms with Crippen molar-refractivity contribution in [1.82, 2.24) is 0 Å². The number of unbranched alkanes of at least 4 members (excludes halogenated alkanes) is 1. The van der Waals surface area contributed by atoms with Gasteiger partial charge in [-0.2, -0.15) is 0 Å². The van der Waals surface area contributed by atoms with Crippen LogP contribution in [0.3, 0.4) is 0 Å². The molecule has 22 heavy (non-hydrogen) atoms. The maximum atomic E-state index is 11.1. The minimum Gasteiger partial charge on any atom is -0.487 e. The maximum Gasteiger partial charge on any atom is 0.321 e. The molecule has 120 valence electrons. The van der Waals surface area contributed by atoms with E-state index in [1.54, 1.807) is 19.9 Å². The lowest BCUT2D eigenvalue weighted by Gasteiger charge is -2.09. The van der Waals surface area contributed by atoms with E-state index < -0.39 is 4.92 Å². The largest absolute Gasteiger partial charge is 0.487 e. The fraction of sp³-hybridized carbons (Fsp3) is 0.467. The van der Waals surface area contributed by atoms with Crippen molar-refractivity contribution in [2.24, 2.45) is 0 Å². The van der Waals surface area contributed by atoms with Gasteiger partial charge in [-0.25, -0.2) is 0 Å². The van der Waals surface area contributed by atoms with E-state index in [1.165, 1.54) is 6.07 Å². The number of rotatable bonds is 9. The molecule has 0 aliphatic rings. The highest BCUT2D eigenvalue weighted by Crippen LogP contribution is 2.32. The molecule has 0 radical (unpaired) electrons. The zero-order valence-corrected chi connectivity index (χ0v) is 12.7. The Morgan fingerprint density at radius 1 is 1.36 bits per heavy atom. The number of aryl methyl sites for hydroxylation is 1. The van der Waals surface area contributed by atoms with Crippen LogP contribution in [0, 0.1) is 17.0 Å². The number of ether oxygens (including phenoxy) is 2. The summed E-state index contributed by atoms with van der Waals surface area (Å²) in [5, 5.41) is 11.1. The zero-order chi connectivity index (χ0) is 16.5. The van der Waals surface area contributed by atoms with E-state index in [0.717, 1.165) is 0 Å². The van der Waals surface area contributed by atoms with Crippen molar-refractivity contribution in [2.75, 3.05) is 13.2 Å². The summed E-state index contributed by atoms with van der Waals surface area (Å²) in [4.78, 5) is 32.6. The Bertz CT molecular complexity index is 555. The lowest BCUT2D eigenvalue weighted by molar-refractivity contribution is -0.386. The monoisotopic (exact) mass is 309 g/mol. The van der Waals surface area contributed by atoms with Gasteiger partial charge >= 0.3 is 11.7 Å². The standard InChI is InChI=1S/C15H19NO6/c1-3-21-14(18)6-4-5-9-22-13-8-7-11(2)12(10-17)15(13)16(19)20/h7-8,10H,3-6,9H2,1-2H3. The van der Waals surface area contributed by atoms with E-state index in [2.05, 4.69) is 0 Å². The van der Waals surface area contributed by atoms with Crippen LogP contribution < -0.4 is 4.74 Å². The van der Waals surface area contributed by atoms with Crippen molar-refractivity contribution in [2.45, 2.75) is 33.1 Å². The average Bonchev–Trinajstić information content (AvgIpc) is 2.47. The zero-order valence-electron chi connectivity index (χ0n) is 12.7. The van der Waals surface area contributed by atoms with Gasteiger partial charge in [0.05, 0.1) is 23.7 Å². The third kappa shape index (κ3) is 4.83. The SMILES string of the molecule is CCOC(=O)CCCCOc1ccc(C)c(C=O)c1[N+](=O)[O-]. The third-order valence-electron chi connectivity index (χ3n) is 3.04. The Hall–Kier alpha value is -2.44. The number of hydrogen-bond donors (Lipinski definition) is 0. The van der Waals surface area contributed by atoms with Crippen LogP contribution >= 0.6 is 0 Å². The molecule has 0 saturated heterocycles. The molecule has 0 unspecified atom stereocenters. The highest BCUT2D eigenvalue weighted by molar-refractivity contribution is 5.85. The molecule has 0 heterocycles. The topological polar surface area (TPSA) is 95.7 Å². The maximum absolute atomic E-state index is 11.1. The second-order valence-electron chi connectivity index (χ2n) is 4.63. The van der Waals surface area contributed by atoms with Gasteiger partial charge < -0.3 is 9.47 Å². The van der Waals surface area contributed by atoms with Crippen molar-refractivity contribution >= 4 is 17.9 Å². The Kier molecular flexibility index (Phi) is 7.01. The number of carbonyl (C=O) groups excluding carboxylic acids is 2. The van der Waals surface area contributed by atoms with Crippen LogP contribution in [0.2, 0.25) is 0 Å². The van der Waals surface area contributed by atoms with Crippen molar-refractivity contribution in [3.8, 4) is 5.75 Å². The molecule has 0 N–H and O–H groups in total. The van der Waals surface area contributed by atoms with Crippen LogP contribution in [0.4, 0.5) is 5.69 Å². The number of hydrogen-bond acceptors (Lipinski definition) is 6. The molecule has 0 atom stereocenters. The predicted octanol–water partition coefficient (Wildman–Crippen LogP) is 2.83. The fourth-order valence-electron chi connectivity index (χ4n) is 1.93. The molecule has 0 bridgehead atoms. The first-order valence-corrected chi connectivity index (χ1v) is 7.02. The minimum absolute atomic E-state index is 0.0222. The summed E-state index contributed by atoms with van der Waals surface area (Å²) in [6.45, 7) is 3.93. The molecule has 1 aromatic rings. The van der Waals surface area contributed by atoms with Crippen LogP contribution in [-0.4, -0.2) is 30.4 Å². The van der Waals surface area contributed by atoms with E-state index in [1.807, 2.05) is 0 Å². The first kappa shape index (κ1) is 17.6. The summed E-state index contributed by atoms with van der Waals surface area (Å²) >= 11 is 0. The number of nitrogens with zero attached hydrogens (tertiary/aromatic N) is 1. The first-order chi connectivity index (χ1) is 10.5. The van der Waals surface area contributed by atoms with Gasteiger partial charge in [0.15, 0.2) is 12.0 Å². The van der Waals surface area contributed by atoms with Crippen LogP contribution in [-0.2, 0) is 9.53 Å². The van der Waals surface area contributed by atoms with Gasteiger partial charge in [0.1, 0.15) is 0 Å². The van der Waals surface area contributed by atoms with Crippen LogP contribution in [0.5, 0.6) is 5.75 Å². The second-order valence-corrected chi connectivity index (χ2v) is 4.63. The number of nitro groups is 1. The molecule has 0 fully saturated rings. The van der Waals surface area contributed by atoms with E-state index in [0.29, 0.717) is 31.3 Å². The third-order valence-corrected chi connectivity index (χ3v) is 3.04. The number of benzene rings is 1. The van der Waals surface area contributed by atoms with E-state index in [4.69, 9.17) is 9.47 Å². The van der Waals surface area contributed by atoms with Gasteiger partial charge in [-0.1, -0.05) is 6.07 Å². The van der Waals surface area contributed by atoms with Gasteiger partial charge in [-0.3, -0.25) is 19.7 Å². The smallest absolute Gasteiger partial charge is 0.321 e. The van der Waals surface area contributed by atoms with Crippen LogP contribution in [0.25, 0.3) is 0 Å². The molecule has 7 nitrogen and oxygen atoms in total. The van der Waals surface area contributed by atoms with Crippen molar-refractivity contribution in [3.05, 3.63) is 33.4 Å². The second kappa shape index (κ2) is 8.76.